The van der Waals surface area contributed by atoms with Crippen LogP contribution in [0.1, 0.15) is 4.88 Å². The minimum atomic E-state index is 0.701. The van der Waals surface area contributed by atoms with Gasteiger partial charge in [-0.25, -0.2) is 0 Å². The van der Waals surface area contributed by atoms with Crippen LogP contribution in [0.3, 0.4) is 0 Å². The number of hydrogen-bond acceptors (Lipinski definition) is 6. The van der Waals surface area contributed by atoms with Crippen molar-refractivity contribution in [2.45, 2.75) is 11.4 Å². The van der Waals surface area contributed by atoms with Crippen LogP contribution >= 0.6 is 23.1 Å². The SMILES string of the molecule is COc1nc(N(C)C)sc1CNc1ccc(SC)cc1. The Bertz CT molecular complexity index is 552. The normalized spacial score (nSPS) is 10.4. The van der Waals surface area contributed by atoms with Crippen molar-refractivity contribution in [1.82, 2.24) is 4.98 Å². The van der Waals surface area contributed by atoms with Crippen LogP contribution < -0.4 is 15.0 Å². The van der Waals surface area contributed by atoms with Gasteiger partial charge in [0.25, 0.3) is 0 Å². The minimum absolute atomic E-state index is 0.701. The molecular formula is C14H19N3OS2. The summed E-state index contributed by atoms with van der Waals surface area (Å²) in [5, 5.41) is 4.36. The van der Waals surface area contributed by atoms with Gasteiger partial charge in [-0.2, -0.15) is 4.98 Å². The van der Waals surface area contributed by atoms with Crippen molar-refractivity contribution in [3.05, 3.63) is 29.1 Å². The quantitative estimate of drug-likeness (QED) is 0.826. The number of hydrogen-bond donors (Lipinski definition) is 1. The van der Waals surface area contributed by atoms with Crippen LogP contribution in [-0.2, 0) is 6.54 Å². The van der Waals surface area contributed by atoms with Crippen LogP contribution in [0.2, 0.25) is 0 Å². The molecule has 0 amide bonds. The van der Waals surface area contributed by atoms with Crippen LogP contribution in [0, 0.1) is 0 Å². The van der Waals surface area contributed by atoms with E-state index in [0.717, 1.165) is 15.7 Å². The Balaban J connectivity index is 2.05. The molecule has 0 aliphatic carbocycles. The van der Waals surface area contributed by atoms with E-state index in [0.29, 0.717) is 12.4 Å². The molecule has 2 rings (SSSR count). The topological polar surface area (TPSA) is 37.4 Å². The number of ether oxygens (including phenoxy) is 1. The predicted molar refractivity (Wildman–Crippen MR) is 88.5 cm³/mol. The number of rotatable bonds is 6. The number of nitrogens with zero attached hydrogens (tertiary/aromatic N) is 2. The first-order valence-corrected chi connectivity index (χ1v) is 8.27. The fraction of sp³-hybridized carbons (Fsp3) is 0.357. The van der Waals surface area contributed by atoms with Crippen LogP contribution in [0.15, 0.2) is 29.2 Å². The Morgan fingerprint density at radius 3 is 2.55 bits per heavy atom. The van der Waals surface area contributed by atoms with Crippen LogP contribution in [-0.4, -0.2) is 32.4 Å². The highest BCUT2D eigenvalue weighted by Crippen LogP contribution is 2.31. The molecule has 1 aromatic carbocycles. The zero-order valence-electron chi connectivity index (χ0n) is 12.1. The lowest BCUT2D eigenvalue weighted by Gasteiger charge is -2.06. The van der Waals surface area contributed by atoms with Crippen molar-refractivity contribution in [2.75, 3.05) is 37.7 Å². The molecule has 0 spiro atoms. The number of methoxy groups -OCH3 is 1. The highest BCUT2D eigenvalue weighted by Gasteiger charge is 2.12. The molecule has 1 N–H and O–H groups in total. The fourth-order valence-electron chi connectivity index (χ4n) is 1.68. The maximum absolute atomic E-state index is 5.33. The van der Waals surface area contributed by atoms with Gasteiger partial charge in [-0.05, 0) is 30.5 Å². The molecule has 6 heteroatoms. The van der Waals surface area contributed by atoms with Crippen molar-refractivity contribution in [1.29, 1.82) is 0 Å². The number of thiazole rings is 1. The Morgan fingerprint density at radius 1 is 1.30 bits per heavy atom. The molecule has 0 bridgehead atoms. The van der Waals surface area contributed by atoms with Gasteiger partial charge in [-0.1, -0.05) is 11.3 Å². The molecule has 0 saturated heterocycles. The molecule has 1 aromatic heterocycles. The second-order valence-corrected chi connectivity index (χ2v) is 6.35. The third-order valence-electron chi connectivity index (χ3n) is 2.77. The summed E-state index contributed by atoms with van der Waals surface area (Å²) in [5.41, 5.74) is 1.10. The standard InChI is InChI=1S/C14H19N3OS2/c1-17(2)14-16-13(18-3)12(20-14)9-15-10-5-7-11(19-4)8-6-10/h5-8,15H,9H2,1-4H3. The molecule has 2 aromatic rings. The van der Waals surface area contributed by atoms with Crippen molar-refractivity contribution < 1.29 is 4.74 Å². The van der Waals surface area contributed by atoms with Gasteiger partial charge in [0.1, 0.15) is 0 Å². The first kappa shape index (κ1) is 15.0. The lowest BCUT2D eigenvalue weighted by Crippen LogP contribution is -2.07. The van der Waals surface area contributed by atoms with Gasteiger partial charge in [-0.3, -0.25) is 0 Å². The predicted octanol–water partition coefficient (Wildman–Crippen LogP) is 3.55. The van der Waals surface area contributed by atoms with Crippen molar-refractivity contribution in [3.8, 4) is 5.88 Å². The first-order valence-electron chi connectivity index (χ1n) is 6.23. The molecule has 0 aliphatic heterocycles. The third kappa shape index (κ3) is 3.58. The van der Waals surface area contributed by atoms with E-state index < -0.39 is 0 Å². The zero-order valence-corrected chi connectivity index (χ0v) is 13.8. The molecule has 0 saturated carbocycles. The molecule has 20 heavy (non-hydrogen) atoms. The molecule has 0 fully saturated rings. The van der Waals surface area contributed by atoms with Crippen molar-refractivity contribution in [2.24, 2.45) is 0 Å². The van der Waals surface area contributed by atoms with Crippen molar-refractivity contribution >= 4 is 33.9 Å². The highest BCUT2D eigenvalue weighted by atomic mass is 32.2. The summed E-state index contributed by atoms with van der Waals surface area (Å²) in [5.74, 6) is 0.701. The highest BCUT2D eigenvalue weighted by molar-refractivity contribution is 7.98. The zero-order chi connectivity index (χ0) is 14.5. The summed E-state index contributed by atoms with van der Waals surface area (Å²) in [4.78, 5) is 8.80. The van der Waals surface area contributed by atoms with Crippen LogP contribution in [0.25, 0.3) is 0 Å². The van der Waals surface area contributed by atoms with E-state index in [-0.39, 0.29) is 0 Å². The number of nitrogens with one attached hydrogen (secondary N) is 1. The summed E-state index contributed by atoms with van der Waals surface area (Å²) in [6.45, 7) is 0.716. The van der Waals surface area contributed by atoms with Gasteiger partial charge in [-0.15, -0.1) is 11.8 Å². The smallest absolute Gasteiger partial charge is 0.231 e. The van der Waals surface area contributed by atoms with Gasteiger partial charge in [0.2, 0.25) is 5.88 Å². The molecule has 1 heterocycles. The summed E-state index contributed by atoms with van der Waals surface area (Å²) in [7, 11) is 5.62. The molecule has 0 aliphatic rings. The van der Waals surface area contributed by atoms with Gasteiger partial charge < -0.3 is 15.0 Å². The average Bonchev–Trinajstić information content (AvgIpc) is 2.89. The van der Waals surface area contributed by atoms with Crippen LogP contribution in [0.4, 0.5) is 10.8 Å². The second kappa shape index (κ2) is 6.85. The summed E-state index contributed by atoms with van der Waals surface area (Å²) in [6, 6.07) is 8.41. The number of benzene rings is 1. The van der Waals surface area contributed by atoms with Gasteiger partial charge >= 0.3 is 0 Å². The van der Waals surface area contributed by atoms with Gasteiger partial charge in [0.05, 0.1) is 18.5 Å². The largest absolute Gasteiger partial charge is 0.480 e. The Morgan fingerprint density at radius 2 is 2.00 bits per heavy atom. The first-order chi connectivity index (χ1) is 9.63. The Hall–Kier alpha value is -1.40. The van der Waals surface area contributed by atoms with E-state index >= 15 is 0 Å². The fourth-order valence-corrected chi connectivity index (χ4v) is 2.98. The van der Waals surface area contributed by atoms with E-state index in [4.69, 9.17) is 4.74 Å². The lowest BCUT2D eigenvalue weighted by atomic mass is 10.3. The maximum atomic E-state index is 5.33. The third-order valence-corrected chi connectivity index (χ3v) is 4.72. The Kier molecular flexibility index (Phi) is 5.14. The second-order valence-electron chi connectivity index (χ2n) is 4.41. The lowest BCUT2D eigenvalue weighted by molar-refractivity contribution is 0.397. The molecule has 0 unspecified atom stereocenters. The van der Waals surface area contributed by atoms with Crippen LogP contribution in [0.5, 0.6) is 5.88 Å². The number of aromatic nitrogens is 1. The van der Waals surface area contributed by atoms with E-state index in [1.54, 1.807) is 30.2 Å². The summed E-state index contributed by atoms with van der Waals surface area (Å²) >= 11 is 3.39. The van der Waals surface area contributed by atoms with Crippen molar-refractivity contribution in [3.63, 3.8) is 0 Å². The molecule has 0 atom stereocenters. The molecule has 108 valence electrons. The number of thioether (sulfide) groups is 1. The van der Waals surface area contributed by atoms with E-state index in [9.17, 15) is 0 Å². The maximum Gasteiger partial charge on any atom is 0.231 e. The molecule has 4 nitrogen and oxygen atoms in total. The summed E-state index contributed by atoms with van der Waals surface area (Å²) in [6.07, 6.45) is 2.08. The molecular weight excluding hydrogens is 290 g/mol. The van der Waals surface area contributed by atoms with Gasteiger partial charge in [0, 0.05) is 24.7 Å². The van der Waals surface area contributed by atoms with E-state index in [1.165, 1.54) is 4.90 Å². The monoisotopic (exact) mass is 309 g/mol. The minimum Gasteiger partial charge on any atom is -0.480 e. The van der Waals surface area contributed by atoms with Gasteiger partial charge in [0.15, 0.2) is 5.13 Å². The summed E-state index contributed by atoms with van der Waals surface area (Å²) < 4.78 is 5.33. The molecule has 0 radical (unpaired) electrons. The average molecular weight is 309 g/mol. The Labute approximate surface area is 128 Å². The van der Waals surface area contributed by atoms with E-state index in [1.807, 2.05) is 19.0 Å². The number of anilines is 2. The van der Waals surface area contributed by atoms with E-state index in [2.05, 4.69) is 40.8 Å².